The summed E-state index contributed by atoms with van der Waals surface area (Å²) < 4.78 is 6.28. The van der Waals surface area contributed by atoms with Gasteiger partial charge >= 0.3 is 0 Å². The highest BCUT2D eigenvalue weighted by Crippen LogP contribution is 2.30. The molecule has 0 amide bonds. The van der Waals surface area contributed by atoms with E-state index in [0.29, 0.717) is 0 Å². The number of hydrogen-bond donors (Lipinski definition) is 1. The summed E-state index contributed by atoms with van der Waals surface area (Å²) in [6, 6.07) is 8.30. The lowest BCUT2D eigenvalue weighted by atomic mass is 10.1. The highest BCUT2D eigenvalue weighted by Gasteiger charge is 2.29. The second-order valence-electron chi connectivity index (χ2n) is 6.51. The maximum absolute atomic E-state index is 5.99. The number of benzene rings is 1. The molecule has 2 aliphatic heterocycles. The molecule has 1 atom stereocenters. The van der Waals surface area contributed by atoms with Crippen LogP contribution in [0, 0.1) is 0 Å². The van der Waals surface area contributed by atoms with Crippen molar-refractivity contribution in [1.82, 2.24) is 10.2 Å². The summed E-state index contributed by atoms with van der Waals surface area (Å²) >= 11 is 2.04. The number of para-hydroxylation sites is 1. The van der Waals surface area contributed by atoms with Crippen LogP contribution in [0.1, 0.15) is 19.4 Å². The molecule has 1 aromatic rings. The molecule has 22 heavy (non-hydrogen) atoms. The van der Waals surface area contributed by atoms with E-state index in [1.54, 1.807) is 0 Å². The van der Waals surface area contributed by atoms with Crippen molar-refractivity contribution in [3.05, 3.63) is 29.8 Å². The van der Waals surface area contributed by atoms with E-state index >= 15 is 0 Å². The van der Waals surface area contributed by atoms with Crippen molar-refractivity contribution in [2.75, 3.05) is 32.4 Å². The number of hydrogen-bond acceptors (Lipinski definition) is 3. The first kappa shape index (κ1) is 15.5. The third-order valence-corrected chi connectivity index (χ3v) is 5.44. The maximum Gasteiger partial charge on any atom is 0.193 e. The molecule has 5 heteroatoms. The lowest BCUT2D eigenvalue weighted by molar-refractivity contribution is 0.232. The maximum atomic E-state index is 5.99. The van der Waals surface area contributed by atoms with Gasteiger partial charge in [0.05, 0.1) is 6.54 Å². The molecular weight excluding hydrogens is 294 g/mol. The molecule has 0 spiro atoms. The Morgan fingerprint density at radius 1 is 1.45 bits per heavy atom. The molecule has 0 aromatic heterocycles. The Balaban J connectivity index is 1.54. The van der Waals surface area contributed by atoms with Gasteiger partial charge in [0, 0.05) is 37.1 Å². The minimum absolute atomic E-state index is 0.196. The summed E-state index contributed by atoms with van der Waals surface area (Å²) in [5, 5.41) is 3.50. The number of nitrogens with zero attached hydrogens (tertiary/aromatic N) is 2. The number of thioether (sulfide) groups is 1. The fourth-order valence-electron chi connectivity index (χ4n) is 3.10. The van der Waals surface area contributed by atoms with Crippen LogP contribution in [0.4, 0.5) is 0 Å². The topological polar surface area (TPSA) is 36.9 Å². The Hall–Kier alpha value is -1.36. The zero-order chi connectivity index (χ0) is 15.6. The molecule has 120 valence electrons. The monoisotopic (exact) mass is 319 g/mol. The highest BCUT2D eigenvalue weighted by molar-refractivity contribution is 8.00. The van der Waals surface area contributed by atoms with E-state index in [1.807, 2.05) is 24.9 Å². The highest BCUT2D eigenvalue weighted by atomic mass is 32.2. The number of ether oxygens (including phenoxy) is 1. The van der Waals surface area contributed by atoms with Gasteiger partial charge in [0.25, 0.3) is 0 Å². The predicted molar refractivity (Wildman–Crippen MR) is 94.0 cm³/mol. The molecule has 0 aliphatic carbocycles. The Labute approximate surface area is 137 Å². The number of nitrogens with one attached hydrogen (secondary N) is 1. The van der Waals surface area contributed by atoms with Crippen LogP contribution < -0.4 is 10.1 Å². The van der Waals surface area contributed by atoms with Crippen LogP contribution in [0.25, 0.3) is 0 Å². The summed E-state index contributed by atoms with van der Waals surface area (Å²) in [5.41, 5.74) is 1.31. The van der Waals surface area contributed by atoms with Crippen molar-refractivity contribution in [1.29, 1.82) is 0 Å². The average molecular weight is 319 g/mol. The van der Waals surface area contributed by atoms with Crippen molar-refractivity contribution in [3.63, 3.8) is 0 Å². The van der Waals surface area contributed by atoms with Crippen molar-refractivity contribution in [2.24, 2.45) is 4.99 Å². The third-order valence-electron chi connectivity index (χ3n) is 4.14. The van der Waals surface area contributed by atoms with E-state index < -0.39 is 0 Å². The third kappa shape index (κ3) is 3.51. The van der Waals surface area contributed by atoms with Gasteiger partial charge in [-0.25, -0.2) is 0 Å². The average Bonchev–Trinajstić information content (AvgIpc) is 2.89. The van der Waals surface area contributed by atoms with Gasteiger partial charge in [-0.15, -0.1) is 0 Å². The molecule has 1 N–H and O–H groups in total. The van der Waals surface area contributed by atoms with Gasteiger partial charge in [-0.3, -0.25) is 4.99 Å². The molecular formula is C17H25N3OS. The number of aliphatic imine (C=N–C) groups is 1. The quantitative estimate of drug-likeness (QED) is 0.671. The molecule has 2 aliphatic rings. The standard InChI is InChI=1S/C17H25N3OS/c1-17(2)12-20(8-9-22-17)16(18-3)19-11-14-10-13-6-4-5-7-15(13)21-14/h4-7,14H,8-12H2,1-3H3,(H,18,19). The molecule has 0 saturated carbocycles. The summed E-state index contributed by atoms with van der Waals surface area (Å²) in [7, 11) is 1.86. The van der Waals surface area contributed by atoms with Crippen LogP contribution in [0.15, 0.2) is 29.3 Å². The molecule has 3 rings (SSSR count). The van der Waals surface area contributed by atoms with E-state index in [2.05, 4.69) is 47.3 Å². The molecule has 0 bridgehead atoms. The largest absolute Gasteiger partial charge is 0.488 e. The first-order chi connectivity index (χ1) is 10.6. The van der Waals surface area contributed by atoms with Gasteiger partial charge in [0.1, 0.15) is 11.9 Å². The molecule has 0 radical (unpaired) electrons. The zero-order valence-electron chi connectivity index (χ0n) is 13.6. The van der Waals surface area contributed by atoms with Crippen LogP contribution in [0.2, 0.25) is 0 Å². The first-order valence-corrected chi connectivity index (χ1v) is 8.90. The van der Waals surface area contributed by atoms with E-state index in [9.17, 15) is 0 Å². The van der Waals surface area contributed by atoms with Gasteiger partial charge in [-0.1, -0.05) is 18.2 Å². The Bertz CT molecular complexity index is 534. The van der Waals surface area contributed by atoms with Gasteiger partial charge in [0.2, 0.25) is 0 Å². The zero-order valence-corrected chi connectivity index (χ0v) is 14.4. The summed E-state index contributed by atoms with van der Waals surface area (Å²) in [5.74, 6) is 3.17. The molecule has 4 nitrogen and oxygen atoms in total. The number of rotatable bonds is 2. The smallest absolute Gasteiger partial charge is 0.193 e. The van der Waals surface area contributed by atoms with Crippen LogP contribution >= 0.6 is 11.8 Å². The van der Waals surface area contributed by atoms with Crippen molar-refractivity contribution < 1.29 is 4.74 Å². The van der Waals surface area contributed by atoms with Crippen molar-refractivity contribution in [3.8, 4) is 5.75 Å². The van der Waals surface area contributed by atoms with Crippen LogP contribution in [0.5, 0.6) is 5.75 Å². The van der Waals surface area contributed by atoms with Gasteiger partial charge in [0.15, 0.2) is 5.96 Å². The first-order valence-electron chi connectivity index (χ1n) is 7.91. The predicted octanol–water partition coefficient (Wildman–Crippen LogP) is 2.39. The van der Waals surface area contributed by atoms with Crippen LogP contribution in [-0.2, 0) is 6.42 Å². The lowest BCUT2D eigenvalue weighted by Crippen LogP contribution is -2.52. The molecule has 2 heterocycles. The van der Waals surface area contributed by atoms with Crippen molar-refractivity contribution in [2.45, 2.75) is 31.1 Å². The van der Waals surface area contributed by atoms with Crippen molar-refractivity contribution >= 4 is 17.7 Å². The Morgan fingerprint density at radius 2 is 2.27 bits per heavy atom. The second kappa shape index (κ2) is 6.41. The number of fused-ring (bicyclic) bond motifs is 1. The van der Waals surface area contributed by atoms with E-state index in [4.69, 9.17) is 4.74 Å². The fraction of sp³-hybridized carbons (Fsp3) is 0.588. The normalized spacial score (nSPS) is 23.9. The van der Waals surface area contributed by atoms with Crippen LogP contribution in [0.3, 0.4) is 0 Å². The minimum Gasteiger partial charge on any atom is -0.488 e. The van der Waals surface area contributed by atoms with Gasteiger partial charge in [-0.2, -0.15) is 11.8 Å². The second-order valence-corrected chi connectivity index (χ2v) is 8.31. The molecule has 1 saturated heterocycles. The van der Waals surface area contributed by atoms with Gasteiger partial charge in [-0.05, 0) is 25.5 Å². The summed E-state index contributed by atoms with van der Waals surface area (Å²) in [4.78, 5) is 6.81. The lowest BCUT2D eigenvalue weighted by Gasteiger charge is -2.39. The van der Waals surface area contributed by atoms with E-state index in [0.717, 1.165) is 43.5 Å². The molecule has 1 aromatic carbocycles. The van der Waals surface area contributed by atoms with E-state index in [1.165, 1.54) is 5.56 Å². The minimum atomic E-state index is 0.196. The van der Waals surface area contributed by atoms with Gasteiger partial charge < -0.3 is 15.0 Å². The molecule has 1 unspecified atom stereocenters. The Kier molecular flexibility index (Phi) is 4.52. The number of guanidine groups is 1. The SMILES string of the molecule is CN=C(NCC1Cc2ccccc2O1)N1CCSC(C)(C)C1. The van der Waals surface area contributed by atoms with E-state index in [-0.39, 0.29) is 10.9 Å². The summed E-state index contributed by atoms with van der Waals surface area (Å²) in [6.45, 7) is 7.48. The van der Waals surface area contributed by atoms with Crippen LogP contribution in [-0.4, -0.2) is 54.1 Å². The molecule has 1 fully saturated rings. The Morgan fingerprint density at radius 3 is 3.00 bits per heavy atom. The summed E-state index contributed by atoms with van der Waals surface area (Å²) in [6.07, 6.45) is 1.17. The fourth-order valence-corrected chi connectivity index (χ4v) is 4.21.